The molecular formula is C24H26N3O3+. The Balaban J connectivity index is 1.53. The van der Waals surface area contributed by atoms with Crippen LogP contribution in [0.15, 0.2) is 78.9 Å². The minimum absolute atomic E-state index is 0.146. The van der Waals surface area contributed by atoms with Crippen LogP contribution in [0.3, 0.4) is 0 Å². The largest absolute Gasteiger partial charge is 0.497 e. The third-order valence-electron chi connectivity index (χ3n) is 4.60. The quantitative estimate of drug-likeness (QED) is 0.480. The summed E-state index contributed by atoms with van der Waals surface area (Å²) in [5.41, 5.74) is 2.79. The molecule has 0 aliphatic carbocycles. The molecule has 0 spiro atoms. The van der Waals surface area contributed by atoms with Crippen LogP contribution in [-0.2, 0) is 11.2 Å². The molecule has 0 atom stereocenters. The topological polar surface area (TPSA) is 84.0 Å². The molecule has 0 bridgehead atoms. The molecule has 0 saturated heterocycles. The SMILES string of the molecule is COc1ccc(NC(=O)c2ccccc2NC(=O)C[NH2+]CCc2ccccc2)cc1. The van der Waals surface area contributed by atoms with Gasteiger partial charge in [-0.2, -0.15) is 0 Å². The highest BCUT2D eigenvalue weighted by Crippen LogP contribution is 2.19. The zero-order chi connectivity index (χ0) is 21.2. The molecule has 4 N–H and O–H groups in total. The third-order valence-corrected chi connectivity index (χ3v) is 4.60. The van der Waals surface area contributed by atoms with Crippen LogP contribution >= 0.6 is 0 Å². The zero-order valence-electron chi connectivity index (χ0n) is 16.9. The van der Waals surface area contributed by atoms with Gasteiger partial charge in [0.1, 0.15) is 5.75 Å². The summed E-state index contributed by atoms with van der Waals surface area (Å²) in [6.07, 6.45) is 0.898. The first-order chi connectivity index (χ1) is 14.7. The van der Waals surface area contributed by atoms with Gasteiger partial charge >= 0.3 is 0 Å². The van der Waals surface area contributed by atoms with Gasteiger partial charge in [-0.15, -0.1) is 0 Å². The molecule has 0 saturated carbocycles. The van der Waals surface area contributed by atoms with Crippen molar-refractivity contribution in [1.29, 1.82) is 0 Å². The molecule has 30 heavy (non-hydrogen) atoms. The third kappa shape index (κ3) is 6.18. The molecule has 6 nitrogen and oxygen atoms in total. The number of nitrogens with one attached hydrogen (secondary N) is 2. The van der Waals surface area contributed by atoms with Gasteiger partial charge in [-0.25, -0.2) is 0 Å². The molecule has 6 heteroatoms. The summed E-state index contributed by atoms with van der Waals surface area (Å²) in [5.74, 6) is 0.279. The normalized spacial score (nSPS) is 10.3. The highest BCUT2D eigenvalue weighted by atomic mass is 16.5. The Kier molecular flexibility index (Phi) is 7.58. The van der Waals surface area contributed by atoms with Gasteiger partial charge in [0.15, 0.2) is 6.54 Å². The standard InChI is InChI=1S/C24H25N3O3/c1-30-20-13-11-19(12-14-20)26-24(29)21-9-5-6-10-22(21)27-23(28)17-25-16-15-18-7-3-2-4-8-18/h2-14,25H,15-17H2,1H3,(H,26,29)(H,27,28)/p+1. The molecule has 0 aliphatic rings. The van der Waals surface area contributed by atoms with Crippen molar-refractivity contribution in [2.75, 3.05) is 30.8 Å². The summed E-state index contributed by atoms with van der Waals surface area (Å²) in [5, 5.41) is 7.64. The second kappa shape index (κ2) is 10.8. The lowest BCUT2D eigenvalue weighted by Crippen LogP contribution is -2.86. The molecule has 0 fully saturated rings. The maximum absolute atomic E-state index is 12.7. The Labute approximate surface area is 176 Å². The van der Waals surface area contributed by atoms with Crippen LogP contribution in [0.2, 0.25) is 0 Å². The molecule has 0 radical (unpaired) electrons. The van der Waals surface area contributed by atoms with Crippen molar-refractivity contribution < 1.29 is 19.6 Å². The number of benzene rings is 3. The van der Waals surface area contributed by atoms with E-state index in [-0.39, 0.29) is 11.8 Å². The number of carbonyl (C=O) groups excluding carboxylic acids is 2. The first kappa shape index (κ1) is 21.1. The van der Waals surface area contributed by atoms with Gasteiger partial charge in [0.25, 0.3) is 11.8 Å². The van der Waals surface area contributed by atoms with Crippen molar-refractivity contribution in [2.45, 2.75) is 6.42 Å². The van der Waals surface area contributed by atoms with Crippen molar-refractivity contribution in [3.8, 4) is 5.75 Å². The Morgan fingerprint density at radius 2 is 1.57 bits per heavy atom. The molecule has 0 heterocycles. The highest BCUT2D eigenvalue weighted by molar-refractivity contribution is 6.10. The van der Waals surface area contributed by atoms with Gasteiger partial charge in [-0.05, 0) is 42.0 Å². The molecule has 0 aliphatic heterocycles. The average molecular weight is 404 g/mol. The molecule has 0 unspecified atom stereocenters. The number of ether oxygens (including phenoxy) is 1. The Hall–Kier alpha value is -3.64. The lowest BCUT2D eigenvalue weighted by atomic mass is 10.1. The van der Waals surface area contributed by atoms with Crippen LogP contribution < -0.4 is 20.7 Å². The van der Waals surface area contributed by atoms with E-state index in [0.717, 1.165) is 13.0 Å². The maximum Gasteiger partial charge on any atom is 0.279 e. The second-order valence-electron chi connectivity index (χ2n) is 6.79. The number of para-hydroxylation sites is 1. The molecule has 154 valence electrons. The van der Waals surface area contributed by atoms with Crippen molar-refractivity contribution in [3.05, 3.63) is 90.0 Å². The number of rotatable bonds is 9. The fourth-order valence-corrected chi connectivity index (χ4v) is 3.01. The monoisotopic (exact) mass is 404 g/mol. The van der Waals surface area contributed by atoms with E-state index in [1.807, 2.05) is 23.5 Å². The molecule has 3 aromatic rings. The average Bonchev–Trinajstić information content (AvgIpc) is 2.78. The minimum Gasteiger partial charge on any atom is -0.497 e. The van der Waals surface area contributed by atoms with E-state index in [1.54, 1.807) is 55.6 Å². The van der Waals surface area contributed by atoms with E-state index in [0.29, 0.717) is 29.2 Å². The predicted octanol–water partition coefficient (Wildman–Crippen LogP) is 2.69. The number of nitrogens with two attached hydrogens (primary N) is 1. The van der Waals surface area contributed by atoms with E-state index in [1.165, 1.54) is 5.56 Å². The predicted molar refractivity (Wildman–Crippen MR) is 118 cm³/mol. The molecule has 2 amide bonds. The molecule has 3 rings (SSSR count). The van der Waals surface area contributed by atoms with Crippen LogP contribution in [0.1, 0.15) is 15.9 Å². The van der Waals surface area contributed by atoms with Crippen molar-refractivity contribution >= 4 is 23.2 Å². The number of quaternary nitrogens is 1. The van der Waals surface area contributed by atoms with Gasteiger partial charge in [-0.1, -0.05) is 42.5 Å². The molecule has 3 aromatic carbocycles. The number of carbonyl (C=O) groups is 2. The van der Waals surface area contributed by atoms with Crippen molar-refractivity contribution in [3.63, 3.8) is 0 Å². The van der Waals surface area contributed by atoms with E-state index < -0.39 is 0 Å². The molecular weight excluding hydrogens is 378 g/mol. The Morgan fingerprint density at radius 3 is 2.30 bits per heavy atom. The summed E-state index contributed by atoms with van der Waals surface area (Å²) in [7, 11) is 1.59. The van der Waals surface area contributed by atoms with Crippen LogP contribution in [0.25, 0.3) is 0 Å². The summed E-state index contributed by atoms with van der Waals surface area (Å²) in [6, 6.07) is 24.2. The van der Waals surface area contributed by atoms with E-state index in [2.05, 4.69) is 22.8 Å². The lowest BCUT2D eigenvalue weighted by molar-refractivity contribution is -0.643. The van der Waals surface area contributed by atoms with Gasteiger partial charge in [0, 0.05) is 12.1 Å². The van der Waals surface area contributed by atoms with Gasteiger partial charge < -0.3 is 20.7 Å². The number of hydrogen-bond donors (Lipinski definition) is 3. The summed E-state index contributed by atoms with van der Waals surface area (Å²) < 4.78 is 5.12. The van der Waals surface area contributed by atoms with E-state index in [4.69, 9.17) is 4.74 Å². The minimum atomic E-state index is -0.288. The second-order valence-corrected chi connectivity index (χ2v) is 6.79. The lowest BCUT2D eigenvalue weighted by Gasteiger charge is -2.11. The van der Waals surface area contributed by atoms with Gasteiger partial charge in [0.2, 0.25) is 0 Å². The van der Waals surface area contributed by atoms with E-state index >= 15 is 0 Å². The summed E-state index contributed by atoms with van der Waals surface area (Å²) in [4.78, 5) is 25.0. The first-order valence-corrected chi connectivity index (χ1v) is 9.85. The Morgan fingerprint density at radius 1 is 0.867 bits per heavy atom. The van der Waals surface area contributed by atoms with Crippen LogP contribution in [0, 0.1) is 0 Å². The number of anilines is 2. The summed E-state index contributed by atoms with van der Waals surface area (Å²) >= 11 is 0. The number of methoxy groups -OCH3 is 1. The number of hydrogen-bond acceptors (Lipinski definition) is 3. The van der Waals surface area contributed by atoms with Gasteiger partial charge in [0.05, 0.1) is 24.9 Å². The van der Waals surface area contributed by atoms with Gasteiger partial charge in [-0.3, -0.25) is 9.59 Å². The van der Waals surface area contributed by atoms with Crippen LogP contribution in [0.4, 0.5) is 11.4 Å². The van der Waals surface area contributed by atoms with Crippen LogP contribution in [-0.4, -0.2) is 32.0 Å². The number of amides is 2. The summed E-state index contributed by atoms with van der Waals surface area (Å²) in [6.45, 7) is 1.11. The molecule has 0 aromatic heterocycles. The maximum atomic E-state index is 12.7. The first-order valence-electron chi connectivity index (χ1n) is 9.85. The highest BCUT2D eigenvalue weighted by Gasteiger charge is 2.14. The van der Waals surface area contributed by atoms with Crippen molar-refractivity contribution in [2.24, 2.45) is 0 Å². The zero-order valence-corrected chi connectivity index (χ0v) is 16.9. The smallest absolute Gasteiger partial charge is 0.279 e. The van der Waals surface area contributed by atoms with E-state index in [9.17, 15) is 9.59 Å². The fraction of sp³-hybridized carbons (Fsp3) is 0.167. The van der Waals surface area contributed by atoms with Crippen LogP contribution in [0.5, 0.6) is 5.75 Å². The fourth-order valence-electron chi connectivity index (χ4n) is 3.01. The Bertz CT molecular complexity index is 973. The van der Waals surface area contributed by atoms with Crippen molar-refractivity contribution in [1.82, 2.24) is 0 Å².